The van der Waals surface area contributed by atoms with Crippen LogP contribution in [0.3, 0.4) is 0 Å². The minimum atomic E-state index is -1.34. The number of likely N-dealkylation sites (tertiary alicyclic amines) is 1. The van der Waals surface area contributed by atoms with E-state index in [1.54, 1.807) is 13.8 Å². The smallest absolute Gasteiger partial charge is 0.326 e. The highest BCUT2D eigenvalue weighted by atomic mass is 16.4. The van der Waals surface area contributed by atoms with Crippen molar-refractivity contribution in [1.82, 2.24) is 41.5 Å². The second-order valence-corrected chi connectivity index (χ2v) is 14.3. The summed E-state index contributed by atoms with van der Waals surface area (Å²) in [5.74, 6) is -7.73. The maximum atomic E-state index is 13.8. The number of nitrogens with one attached hydrogen (secondary N) is 6. The fourth-order valence-electron chi connectivity index (χ4n) is 5.93. The third kappa shape index (κ3) is 15.5. The zero-order valence-corrected chi connectivity index (χ0v) is 32.1. The minimum absolute atomic E-state index is 0.0117. The summed E-state index contributed by atoms with van der Waals surface area (Å²) in [4.78, 5) is 114. The van der Waals surface area contributed by atoms with Gasteiger partial charge in [-0.15, -0.1) is 0 Å². The van der Waals surface area contributed by atoms with Gasteiger partial charge in [-0.3, -0.25) is 38.6 Å². The van der Waals surface area contributed by atoms with E-state index in [1.807, 2.05) is 13.8 Å². The molecule has 56 heavy (non-hydrogen) atoms. The summed E-state index contributed by atoms with van der Waals surface area (Å²) >= 11 is 0. The number of aliphatic imine (C=N–C) groups is 1. The maximum Gasteiger partial charge on any atom is 0.326 e. The van der Waals surface area contributed by atoms with Crippen molar-refractivity contribution in [2.45, 2.75) is 109 Å². The fourth-order valence-corrected chi connectivity index (χ4v) is 5.93. The molecule has 22 nitrogen and oxygen atoms in total. The second-order valence-electron chi connectivity index (χ2n) is 14.3. The molecule has 6 amide bonds. The number of aromatic amines is 1. The highest BCUT2D eigenvalue weighted by Crippen LogP contribution is 2.19. The Labute approximate surface area is 323 Å². The lowest BCUT2D eigenvalue weighted by molar-refractivity contribution is -0.144. The van der Waals surface area contributed by atoms with Crippen molar-refractivity contribution < 1.29 is 48.6 Å². The van der Waals surface area contributed by atoms with Gasteiger partial charge in [0.2, 0.25) is 35.4 Å². The molecule has 0 saturated carbocycles. The molecule has 1 aliphatic heterocycles. The van der Waals surface area contributed by atoms with Gasteiger partial charge in [-0.25, -0.2) is 9.78 Å². The third-order valence-corrected chi connectivity index (χ3v) is 8.75. The summed E-state index contributed by atoms with van der Waals surface area (Å²) in [6.07, 6.45) is 3.21. The average Bonchev–Trinajstić information content (AvgIpc) is 3.82. The molecule has 1 aromatic heterocycles. The van der Waals surface area contributed by atoms with E-state index in [9.17, 15) is 43.5 Å². The Hall–Kier alpha value is -5.80. The average molecular weight is 793 g/mol. The number of guanidine groups is 1. The van der Waals surface area contributed by atoms with Gasteiger partial charge in [0.05, 0.1) is 25.3 Å². The Morgan fingerprint density at radius 3 is 2.18 bits per heavy atom. The van der Waals surface area contributed by atoms with Crippen LogP contribution in [-0.2, 0) is 44.8 Å². The Morgan fingerprint density at radius 2 is 1.61 bits per heavy atom. The van der Waals surface area contributed by atoms with Gasteiger partial charge in [-0.05, 0) is 43.9 Å². The number of carbonyl (C=O) groups excluding carboxylic acids is 6. The molecule has 0 aliphatic carbocycles. The third-order valence-electron chi connectivity index (χ3n) is 8.75. The molecule has 0 unspecified atom stereocenters. The molecule has 2 heterocycles. The van der Waals surface area contributed by atoms with Crippen LogP contribution in [0, 0.1) is 11.8 Å². The number of nitrogens with zero attached hydrogens (tertiary/aromatic N) is 3. The molecule has 14 N–H and O–H groups in total. The maximum absolute atomic E-state index is 13.8. The Kier molecular flexibility index (Phi) is 18.7. The Balaban J connectivity index is 2.15. The summed E-state index contributed by atoms with van der Waals surface area (Å²) < 4.78 is 0. The first-order chi connectivity index (χ1) is 26.3. The first kappa shape index (κ1) is 46.4. The molecule has 22 heteroatoms. The Bertz CT molecular complexity index is 1560. The molecule has 0 spiro atoms. The van der Waals surface area contributed by atoms with Crippen LogP contribution in [0.1, 0.15) is 71.9 Å². The number of nitrogens with two attached hydrogens (primary N) is 3. The molecule has 312 valence electrons. The number of amides is 6. The topological polar surface area (TPSA) is 360 Å². The fraction of sp³-hybridized carbons (Fsp3) is 0.647. The van der Waals surface area contributed by atoms with Crippen molar-refractivity contribution in [3.8, 4) is 0 Å². The van der Waals surface area contributed by atoms with Gasteiger partial charge in [0.15, 0.2) is 5.96 Å². The van der Waals surface area contributed by atoms with Crippen LogP contribution in [0.15, 0.2) is 17.5 Å². The van der Waals surface area contributed by atoms with Crippen molar-refractivity contribution in [2.75, 3.05) is 19.6 Å². The summed E-state index contributed by atoms with van der Waals surface area (Å²) in [6.45, 7) is 6.67. The number of hydrogen-bond donors (Lipinski definition) is 11. The second kappa shape index (κ2) is 22.5. The lowest BCUT2D eigenvalue weighted by atomic mass is 9.99. The number of carboxylic acid groups (broad SMARTS) is 2. The number of hydrogen-bond acceptors (Lipinski definition) is 11. The molecule has 1 aliphatic rings. The van der Waals surface area contributed by atoms with Gasteiger partial charge in [0, 0.05) is 31.4 Å². The molecule has 1 saturated heterocycles. The SMILES string of the molecule is CC(C)C[C@H](NC(=O)[C@H](Cc1cnc[nH]1)NC(=O)CNC(=O)[C@@H]1CCCN1C(=O)[C@@H](N)CC(=O)O)C(=O)N[C@H](C(=O)N[C@@H](CCCN=C(N)N)C(=O)O)C(C)C. The highest BCUT2D eigenvalue weighted by Gasteiger charge is 2.37. The summed E-state index contributed by atoms with van der Waals surface area (Å²) in [6, 6.07) is -7.26. The summed E-state index contributed by atoms with van der Waals surface area (Å²) in [5.41, 5.74) is 16.8. The van der Waals surface area contributed by atoms with Gasteiger partial charge < -0.3 is 63.9 Å². The molecular weight excluding hydrogens is 736 g/mol. The molecule has 6 atom stereocenters. The van der Waals surface area contributed by atoms with Crippen LogP contribution in [0.25, 0.3) is 0 Å². The quantitative estimate of drug-likeness (QED) is 0.0293. The van der Waals surface area contributed by atoms with E-state index in [2.05, 4.69) is 41.5 Å². The summed E-state index contributed by atoms with van der Waals surface area (Å²) in [5, 5.41) is 31.4. The molecule has 2 rings (SSSR count). The zero-order chi connectivity index (χ0) is 42.1. The molecule has 0 bridgehead atoms. The van der Waals surface area contributed by atoms with Gasteiger partial charge >= 0.3 is 11.9 Å². The van der Waals surface area contributed by atoms with Crippen LogP contribution < -0.4 is 43.8 Å². The largest absolute Gasteiger partial charge is 0.481 e. The van der Waals surface area contributed by atoms with E-state index in [-0.39, 0.29) is 57.1 Å². The van der Waals surface area contributed by atoms with Gasteiger partial charge in [-0.2, -0.15) is 0 Å². The molecule has 1 fully saturated rings. The van der Waals surface area contributed by atoms with Crippen molar-refractivity contribution in [1.29, 1.82) is 0 Å². The monoisotopic (exact) mass is 792 g/mol. The van der Waals surface area contributed by atoms with Crippen molar-refractivity contribution in [3.63, 3.8) is 0 Å². The van der Waals surface area contributed by atoms with E-state index in [4.69, 9.17) is 22.3 Å². The van der Waals surface area contributed by atoms with E-state index in [0.717, 1.165) is 0 Å². The number of H-pyrrole nitrogens is 1. The van der Waals surface area contributed by atoms with Crippen molar-refractivity contribution in [3.05, 3.63) is 18.2 Å². The number of carbonyl (C=O) groups is 8. The van der Waals surface area contributed by atoms with Crippen molar-refractivity contribution >= 4 is 53.3 Å². The van der Waals surface area contributed by atoms with Gasteiger partial charge in [-0.1, -0.05) is 27.7 Å². The van der Waals surface area contributed by atoms with Crippen LogP contribution in [-0.4, -0.2) is 134 Å². The molecular formula is C34H56N12O10. The van der Waals surface area contributed by atoms with Gasteiger partial charge in [0.1, 0.15) is 30.2 Å². The predicted molar refractivity (Wildman–Crippen MR) is 200 cm³/mol. The van der Waals surface area contributed by atoms with Crippen LogP contribution in [0.2, 0.25) is 0 Å². The van der Waals surface area contributed by atoms with Crippen molar-refractivity contribution in [2.24, 2.45) is 34.0 Å². The molecule has 1 aromatic rings. The summed E-state index contributed by atoms with van der Waals surface area (Å²) in [7, 11) is 0. The van der Waals surface area contributed by atoms with E-state index >= 15 is 0 Å². The first-order valence-corrected chi connectivity index (χ1v) is 18.3. The normalized spacial score (nSPS) is 16.5. The highest BCUT2D eigenvalue weighted by molar-refractivity contribution is 5.96. The lowest BCUT2D eigenvalue weighted by Crippen LogP contribution is -2.59. The molecule has 0 aromatic carbocycles. The van der Waals surface area contributed by atoms with Crippen LogP contribution in [0.5, 0.6) is 0 Å². The van der Waals surface area contributed by atoms with Crippen LogP contribution >= 0.6 is 0 Å². The van der Waals surface area contributed by atoms with Crippen LogP contribution in [0.4, 0.5) is 0 Å². The first-order valence-electron chi connectivity index (χ1n) is 18.3. The standard InChI is InChI=1S/C34H56N12O10/c1-17(2)11-22(29(51)45-27(18(3)4)31(53)43-21(33(55)56)7-5-9-39-34(36)37)44-28(50)23(12-19-14-38-16-41-19)42-25(47)15-40-30(52)24-8-6-10-46(24)32(54)20(35)13-26(48)49/h14,16-18,20-24,27H,5-13,15,35H2,1-4H3,(H,38,41)(H,40,52)(H,42,47)(H,43,53)(H,44,50)(H,45,51)(H,48,49)(H,55,56)(H4,36,37,39)/t20-,21-,22-,23-,24-,27-/m0/s1. The lowest BCUT2D eigenvalue weighted by Gasteiger charge is -2.28. The number of aliphatic carboxylic acids is 2. The minimum Gasteiger partial charge on any atom is -0.481 e. The predicted octanol–water partition coefficient (Wildman–Crippen LogP) is -3.36. The van der Waals surface area contributed by atoms with E-state index in [0.29, 0.717) is 12.1 Å². The number of aromatic nitrogens is 2. The Morgan fingerprint density at radius 1 is 0.946 bits per heavy atom. The van der Waals surface area contributed by atoms with Gasteiger partial charge in [0.25, 0.3) is 0 Å². The van der Waals surface area contributed by atoms with E-state index in [1.165, 1.54) is 17.4 Å². The zero-order valence-electron chi connectivity index (χ0n) is 32.1. The number of carboxylic acids is 2. The number of rotatable bonds is 23. The van der Waals surface area contributed by atoms with E-state index < -0.39 is 103 Å². The molecule has 0 radical (unpaired) electrons. The number of imidazole rings is 1.